The first-order valence-corrected chi connectivity index (χ1v) is 10.8. The zero-order chi connectivity index (χ0) is 21.7. The molecule has 0 bridgehead atoms. The van der Waals surface area contributed by atoms with Gasteiger partial charge in [-0.2, -0.15) is 9.97 Å². The van der Waals surface area contributed by atoms with Crippen LogP contribution in [0.2, 0.25) is 0 Å². The van der Waals surface area contributed by atoms with Gasteiger partial charge in [0.2, 0.25) is 0 Å². The minimum absolute atomic E-state index is 0.114. The highest BCUT2D eigenvalue weighted by molar-refractivity contribution is 6.17. The Morgan fingerprint density at radius 3 is 2.78 bits per heavy atom. The standard InChI is InChI=1S/C22H21FN8O/c1-8-26-6-9(7-27-8)32-22-29-20-18-16-10(11(23)4-13(25-2)19(16)28-20)3-14-17-12(24)5-15(17)31(14)21(18)30-22/h4,6-7,12,14-15,17,25H,3,5,24H2,1-2H3,(H,28,29,30)/t12-,14+,15?,17+/m1/s1. The molecule has 1 aliphatic carbocycles. The van der Waals surface area contributed by atoms with Gasteiger partial charge in [-0.25, -0.2) is 14.4 Å². The maximum absolute atomic E-state index is 15.3. The van der Waals surface area contributed by atoms with Crippen molar-refractivity contribution >= 4 is 33.4 Å². The van der Waals surface area contributed by atoms with Crippen LogP contribution in [0, 0.1) is 18.7 Å². The van der Waals surface area contributed by atoms with Crippen molar-refractivity contribution in [1.82, 2.24) is 24.9 Å². The Kier molecular flexibility index (Phi) is 3.41. The summed E-state index contributed by atoms with van der Waals surface area (Å²) in [5.41, 5.74) is 9.13. The van der Waals surface area contributed by atoms with Crippen LogP contribution in [0.1, 0.15) is 17.8 Å². The van der Waals surface area contributed by atoms with Crippen LogP contribution in [0.25, 0.3) is 21.9 Å². The molecule has 0 spiro atoms. The molecular formula is C22H21FN8O. The summed E-state index contributed by atoms with van der Waals surface area (Å²) in [6, 6.07) is 2.33. The number of H-pyrrole nitrogens is 1. The van der Waals surface area contributed by atoms with Crippen LogP contribution < -0.4 is 20.7 Å². The van der Waals surface area contributed by atoms with Crippen LogP contribution in [0.4, 0.5) is 15.9 Å². The number of benzene rings is 1. The van der Waals surface area contributed by atoms with Crippen LogP contribution in [-0.4, -0.2) is 50.1 Å². The molecule has 1 aromatic carbocycles. The van der Waals surface area contributed by atoms with E-state index in [1.165, 1.54) is 0 Å². The van der Waals surface area contributed by atoms with Crippen molar-refractivity contribution in [3.63, 3.8) is 0 Å². The summed E-state index contributed by atoms with van der Waals surface area (Å²) in [5.74, 6) is 2.01. The first-order valence-electron chi connectivity index (χ1n) is 10.8. The molecule has 5 heterocycles. The third-order valence-electron chi connectivity index (χ3n) is 7.25. The number of rotatable bonds is 3. The van der Waals surface area contributed by atoms with Crippen molar-refractivity contribution in [2.24, 2.45) is 11.7 Å². The van der Waals surface area contributed by atoms with Crippen molar-refractivity contribution in [2.75, 3.05) is 17.3 Å². The maximum Gasteiger partial charge on any atom is 0.326 e. The molecule has 4 N–H and O–H groups in total. The predicted octanol–water partition coefficient (Wildman–Crippen LogP) is 2.64. The van der Waals surface area contributed by atoms with Gasteiger partial charge in [0.1, 0.15) is 23.1 Å². The van der Waals surface area contributed by atoms with Gasteiger partial charge in [0.05, 0.1) is 29.0 Å². The molecule has 0 radical (unpaired) electrons. The van der Waals surface area contributed by atoms with E-state index in [2.05, 4.69) is 30.2 Å². The van der Waals surface area contributed by atoms with Gasteiger partial charge < -0.3 is 25.7 Å². The Morgan fingerprint density at radius 1 is 1.22 bits per heavy atom. The molecule has 162 valence electrons. The SMILES string of the molecule is CNc1cc(F)c2c3c1[nH]c1nc(Oc4cnc(C)nc4)nc(c13)N1C3C[C@@H](N)[C@H]3[C@@H]1C2. The zero-order valence-electron chi connectivity index (χ0n) is 17.6. The van der Waals surface area contributed by atoms with E-state index in [0.29, 0.717) is 46.9 Å². The third kappa shape index (κ3) is 2.19. The Morgan fingerprint density at radius 2 is 2.03 bits per heavy atom. The average Bonchev–Trinajstić information content (AvgIpc) is 3.09. The second kappa shape index (κ2) is 6.04. The van der Waals surface area contributed by atoms with Crippen LogP contribution in [0.3, 0.4) is 0 Å². The summed E-state index contributed by atoms with van der Waals surface area (Å²) in [6.45, 7) is 1.81. The largest absolute Gasteiger partial charge is 0.421 e. The van der Waals surface area contributed by atoms with Gasteiger partial charge in [0.15, 0.2) is 5.75 Å². The van der Waals surface area contributed by atoms with Gasteiger partial charge in [-0.3, -0.25) is 0 Å². The number of aromatic amines is 1. The molecule has 1 saturated heterocycles. The summed E-state index contributed by atoms with van der Waals surface area (Å²) in [7, 11) is 1.78. The molecule has 1 saturated carbocycles. The monoisotopic (exact) mass is 432 g/mol. The molecule has 32 heavy (non-hydrogen) atoms. The second-order valence-electron chi connectivity index (χ2n) is 8.85. The Hall–Kier alpha value is -3.53. The molecule has 10 heteroatoms. The lowest BCUT2D eigenvalue weighted by Crippen LogP contribution is -2.77. The normalized spacial score (nSPS) is 25.2. The topological polar surface area (TPSA) is 118 Å². The highest BCUT2D eigenvalue weighted by atomic mass is 19.1. The fraction of sp³-hybridized carbons (Fsp3) is 0.364. The number of hydrogen-bond donors (Lipinski definition) is 3. The van der Waals surface area contributed by atoms with Crippen molar-refractivity contribution in [3.05, 3.63) is 35.7 Å². The maximum atomic E-state index is 15.3. The molecule has 4 aromatic rings. The molecule has 4 atom stereocenters. The van der Waals surface area contributed by atoms with E-state index >= 15 is 4.39 Å². The molecule has 7 rings (SSSR count). The molecule has 2 aliphatic heterocycles. The van der Waals surface area contributed by atoms with Gasteiger partial charge in [0, 0.05) is 42.0 Å². The first kappa shape index (κ1) is 18.1. The number of nitrogens with zero attached hydrogens (tertiary/aromatic N) is 5. The highest BCUT2D eigenvalue weighted by Gasteiger charge is 2.60. The number of anilines is 2. The zero-order valence-corrected chi connectivity index (χ0v) is 17.6. The fourth-order valence-electron chi connectivity index (χ4n) is 5.74. The van der Waals surface area contributed by atoms with Crippen molar-refractivity contribution in [1.29, 1.82) is 0 Å². The van der Waals surface area contributed by atoms with E-state index in [9.17, 15) is 0 Å². The highest BCUT2D eigenvalue weighted by Crippen LogP contribution is 2.54. The van der Waals surface area contributed by atoms with Gasteiger partial charge in [-0.05, 0) is 25.8 Å². The predicted molar refractivity (Wildman–Crippen MR) is 118 cm³/mol. The number of nitrogens with one attached hydrogen (secondary N) is 2. The van der Waals surface area contributed by atoms with Crippen molar-refractivity contribution < 1.29 is 9.13 Å². The van der Waals surface area contributed by atoms with Crippen molar-refractivity contribution in [2.45, 2.75) is 37.9 Å². The van der Waals surface area contributed by atoms with Crippen LogP contribution in [-0.2, 0) is 6.42 Å². The van der Waals surface area contributed by atoms with Gasteiger partial charge in [0.25, 0.3) is 0 Å². The molecule has 3 aromatic heterocycles. The summed E-state index contributed by atoms with van der Waals surface area (Å²) in [4.78, 5) is 23.5. The van der Waals surface area contributed by atoms with E-state index in [1.54, 1.807) is 25.5 Å². The summed E-state index contributed by atoms with van der Waals surface area (Å²) < 4.78 is 21.2. The number of fused-ring (bicyclic) bond motifs is 5. The third-order valence-corrected chi connectivity index (χ3v) is 7.25. The van der Waals surface area contributed by atoms with E-state index in [-0.39, 0.29) is 23.9 Å². The van der Waals surface area contributed by atoms with E-state index in [1.807, 2.05) is 6.92 Å². The molecule has 2 fully saturated rings. The van der Waals surface area contributed by atoms with Crippen LogP contribution >= 0.6 is 0 Å². The minimum atomic E-state index is -0.218. The Balaban J connectivity index is 1.48. The molecule has 3 aliphatic rings. The smallest absolute Gasteiger partial charge is 0.326 e. The average molecular weight is 432 g/mol. The number of aromatic nitrogens is 5. The lowest BCUT2D eigenvalue weighted by Gasteiger charge is -2.65. The lowest BCUT2D eigenvalue weighted by molar-refractivity contribution is 0.0616. The van der Waals surface area contributed by atoms with Crippen LogP contribution in [0.15, 0.2) is 18.5 Å². The van der Waals surface area contributed by atoms with Crippen LogP contribution in [0.5, 0.6) is 11.8 Å². The summed E-state index contributed by atoms with van der Waals surface area (Å²) in [5, 5.41) is 4.77. The first-order chi connectivity index (χ1) is 15.5. The minimum Gasteiger partial charge on any atom is -0.421 e. The molecule has 1 unspecified atom stereocenters. The summed E-state index contributed by atoms with van der Waals surface area (Å²) in [6.07, 6.45) is 4.69. The number of nitrogens with two attached hydrogens (primary N) is 1. The molecule has 0 amide bonds. The summed E-state index contributed by atoms with van der Waals surface area (Å²) >= 11 is 0. The Labute approximate surface area is 182 Å². The van der Waals surface area contributed by atoms with E-state index in [4.69, 9.17) is 15.5 Å². The number of ether oxygens (including phenoxy) is 1. The van der Waals surface area contributed by atoms with Gasteiger partial charge in [-0.15, -0.1) is 0 Å². The lowest BCUT2D eigenvalue weighted by atomic mass is 9.61. The number of halogens is 1. The van der Waals surface area contributed by atoms with E-state index < -0.39 is 0 Å². The second-order valence-corrected chi connectivity index (χ2v) is 8.85. The number of piperidine rings is 1. The number of hydrogen-bond acceptors (Lipinski definition) is 8. The quantitative estimate of drug-likeness (QED) is 0.452. The number of aryl methyl sites for hydroxylation is 1. The van der Waals surface area contributed by atoms with Crippen molar-refractivity contribution in [3.8, 4) is 11.8 Å². The van der Waals surface area contributed by atoms with Gasteiger partial charge in [-0.1, -0.05) is 0 Å². The molecule has 9 nitrogen and oxygen atoms in total. The Bertz CT molecular complexity index is 1420. The fourth-order valence-corrected chi connectivity index (χ4v) is 5.74. The van der Waals surface area contributed by atoms with E-state index in [0.717, 1.165) is 28.5 Å². The molecular weight excluding hydrogens is 411 g/mol. The van der Waals surface area contributed by atoms with Gasteiger partial charge >= 0.3 is 6.01 Å².